The van der Waals surface area contributed by atoms with Gasteiger partial charge in [-0.3, -0.25) is 0 Å². The summed E-state index contributed by atoms with van der Waals surface area (Å²) in [7, 11) is -2.19. The molecular formula is C13H29NO4Si. The van der Waals surface area contributed by atoms with Gasteiger partial charge in [0.25, 0.3) is 0 Å². The van der Waals surface area contributed by atoms with Crippen LogP contribution in [-0.2, 0) is 4.43 Å². The van der Waals surface area contributed by atoms with Gasteiger partial charge in [-0.15, -0.1) is 0 Å². The van der Waals surface area contributed by atoms with Crippen molar-refractivity contribution in [3.05, 3.63) is 0 Å². The number of carboxylic acid groups (broad SMARTS) is 1. The summed E-state index contributed by atoms with van der Waals surface area (Å²) in [6.07, 6.45) is -2.25. The quantitative estimate of drug-likeness (QED) is 0.497. The van der Waals surface area contributed by atoms with Crippen molar-refractivity contribution in [2.45, 2.75) is 77.4 Å². The van der Waals surface area contributed by atoms with Crippen LogP contribution in [0.25, 0.3) is 0 Å². The summed E-state index contributed by atoms with van der Waals surface area (Å²) in [4.78, 5) is 10.6. The third-order valence-electron chi connectivity index (χ3n) is 3.81. The van der Waals surface area contributed by atoms with E-state index < -0.39 is 26.7 Å². The van der Waals surface area contributed by atoms with Gasteiger partial charge >= 0.3 is 6.09 Å². The molecule has 0 aliphatic rings. The summed E-state index contributed by atoms with van der Waals surface area (Å²) in [5.74, 6) is 0. The van der Waals surface area contributed by atoms with E-state index in [-0.39, 0.29) is 0 Å². The minimum atomic E-state index is -2.19. The van der Waals surface area contributed by atoms with Crippen LogP contribution in [-0.4, -0.2) is 37.0 Å². The van der Waals surface area contributed by atoms with Crippen molar-refractivity contribution in [1.82, 2.24) is 5.32 Å². The molecule has 3 N–H and O–H groups in total. The third kappa shape index (κ3) is 4.47. The lowest BCUT2D eigenvalue weighted by Gasteiger charge is -2.44. The second-order valence-electron chi connectivity index (χ2n) is 6.06. The van der Waals surface area contributed by atoms with Gasteiger partial charge in [-0.2, -0.15) is 0 Å². The normalized spacial score (nSPS) is 15.9. The Balaban J connectivity index is 5.06. The zero-order chi connectivity index (χ0) is 15.4. The molecule has 0 saturated heterocycles. The van der Waals surface area contributed by atoms with E-state index in [0.29, 0.717) is 16.6 Å². The van der Waals surface area contributed by atoms with E-state index in [4.69, 9.17) is 9.53 Å². The van der Waals surface area contributed by atoms with E-state index in [9.17, 15) is 9.90 Å². The lowest BCUT2D eigenvalue weighted by molar-refractivity contribution is -0.0523. The van der Waals surface area contributed by atoms with Gasteiger partial charge in [0, 0.05) is 0 Å². The number of hydrogen-bond acceptors (Lipinski definition) is 3. The minimum absolute atomic E-state index is 0.346. The topological polar surface area (TPSA) is 78.8 Å². The molecule has 2 atom stereocenters. The minimum Gasteiger partial charge on any atom is -0.465 e. The molecule has 0 aromatic heterocycles. The molecule has 0 bridgehead atoms. The fourth-order valence-electron chi connectivity index (χ4n) is 2.99. The second kappa shape index (κ2) is 7.26. The smallest absolute Gasteiger partial charge is 0.405 e. The van der Waals surface area contributed by atoms with Crippen LogP contribution < -0.4 is 5.32 Å². The number of amides is 1. The van der Waals surface area contributed by atoms with Crippen LogP contribution in [0.1, 0.15) is 48.5 Å². The van der Waals surface area contributed by atoms with Crippen LogP contribution >= 0.6 is 0 Å². The molecule has 5 nitrogen and oxygen atoms in total. The molecule has 0 aliphatic heterocycles. The number of carbonyl (C=O) groups is 1. The van der Waals surface area contributed by atoms with E-state index >= 15 is 0 Å². The van der Waals surface area contributed by atoms with Crippen molar-refractivity contribution in [3.8, 4) is 0 Å². The van der Waals surface area contributed by atoms with Crippen molar-refractivity contribution in [1.29, 1.82) is 0 Å². The van der Waals surface area contributed by atoms with Crippen LogP contribution in [0.4, 0.5) is 4.79 Å². The predicted molar refractivity (Wildman–Crippen MR) is 78.8 cm³/mol. The highest BCUT2D eigenvalue weighted by Crippen LogP contribution is 2.42. The van der Waals surface area contributed by atoms with Crippen LogP contribution in [0.2, 0.25) is 16.6 Å². The molecule has 0 aromatic carbocycles. The number of aliphatic hydroxyl groups is 1. The Morgan fingerprint density at radius 2 is 1.37 bits per heavy atom. The third-order valence-corrected chi connectivity index (χ3v) is 9.87. The van der Waals surface area contributed by atoms with E-state index in [1.807, 2.05) is 0 Å². The molecule has 0 spiro atoms. The Labute approximate surface area is 117 Å². The fraction of sp³-hybridized carbons (Fsp3) is 0.923. The van der Waals surface area contributed by atoms with Gasteiger partial charge < -0.3 is 20.0 Å². The van der Waals surface area contributed by atoms with Gasteiger partial charge in [0.15, 0.2) is 6.29 Å². The largest absolute Gasteiger partial charge is 0.465 e. The van der Waals surface area contributed by atoms with E-state index in [0.717, 1.165) is 0 Å². The number of rotatable bonds is 7. The van der Waals surface area contributed by atoms with Crippen LogP contribution in [0, 0.1) is 0 Å². The Morgan fingerprint density at radius 1 is 1.00 bits per heavy atom. The van der Waals surface area contributed by atoms with Crippen LogP contribution in [0.3, 0.4) is 0 Å². The molecule has 0 aromatic rings. The highest BCUT2D eigenvalue weighted by molar-refractivity contribution is 6.77. The molecule has 0 saturated carbocycles. The monoisotopic (exact) mass is 291 g/mol. The lowest BCUT2D eigenvalue weighted by atomic mass is 10.3. The maximum atomic E-state index is 10.6. The molecular weight excluding hydrogens is 262 g/mol. The first-order valence-electron chi connectivity index (χ1n) is 6.91. The summed E-state index contributed by atoms with van der Waals surface area (Å²) < 4.78 is 6.05. The molecule has 0 radical (unpaired) electrons. The zero-order valence-corrected chi connectivity index (χ0v) is 14.1. The molecule has 19 heavy (non-hydrogen) atoms. The Kier molecular flexibility index (Phi) is 7.03. The molecule has 1 amide bonds. The van der Waals surface area contributed by atoms with Crippen LogP contribution in [0.15, 0.2) is 0 Å². The van der Waals surface area contributed by atoms with Crippen molar-refractivity contribution in [2.75, 3.05) is 0 Å². The van der Waals surface area contributed by atoms with Gasteiger partial charge in [-0.05, 0) is 23.5 Å². The first kappa shape index (κ1) is 18.4. The average Bonchev–Trinajstić information content (AvgIpc) is 2.22. The molecule has 0 unspecified atom stereocenters. The van der Waals surface area contributed by atoms with Gasteiger partial charge in [-0.1, -0.05) is 41.5 Å². The number of hydrogen-bond donors (Lipinski definition) is 3. The molecule has 0 heterocycles. The second-order valence-corrected chi connectivity index (χ2v) is 11.5. The average molecular weight is 291 g/mol. The van der Waals surface area contributed by atoms with E-state index in [1.54, 1.807) is 6.92 Å². The maximum absolute atomic E-state index is 10.6. The summed E-state index contributed by atoms with van der Waals surface area (Å²) in [6.45, 7) is 14.3. The van der Waals surface area contributed by atoms with Crippen molar-refractivity contribution in [3.63, 3.8) is 0 Å². The van der Waals surface area contributed by atoms with E-state index in [2.05, 4.69) is 46.9 Å². The first-order valence-corrected chi connectivity index (χ1v) is 9.05. The van der Waals surface area contributed by atoms with Gasteiger partial charge in [0.1, 0.15) is 0 Å². The summed E-state index contributed by atoms with van der Waals surface area (Å²) >= 11 is 0. The Morgan fingerprint density at radius 3 is 1.63 bits per heavy atom. The van der Waals surface area contributed by atoms with Gasteiger partial charge in [0.2, 0.25) is 8.32 Å². The highest BCUT2D eigenvalue weighted by atomic mass is 28.4. The number of aliphatic hydroxyl groups excluding tert-OH is 1. The fourth-order valence-corrected chi connectivity index (χ4v) is 8.42. The highest BCUT2D eigenvalue weighted by Gasteiger charge is 2.47. The summed E-state index contributed by atoms with van der Waals surface area (Å²) in [6, 6.07) is -0.638. The maximum Gasteiger partial charge on any atom is 0.405 e. The molecule has 0 rings (SSSR count). The SMILES string of the molecule is CC(C)[Si](O[C@H](O)[C@@H](C)NC(=O)O)(C(C)C)C(C)C. The number of nitrogens with one attached hydrogen (secondary N) is 1. The van der Waals surface area contributed by atoms with Gasteiger partial charge in [0.05, 0.1) is 6.04 Å². The zero-order valence-electron chi connectivity index (χ0n) is 13.1. The molecule has 0 aliphatic carbocycles. The molecule has 0 fully saturated rings. The Hall–Kier alpha value is -0.593. The van der Waals surface area contributed by atoms with Crippen molar-refractivity contribution in [2.24, 2.45) is 0 Å². The predicted octanol–water partition coefficient (Wildman–Crippen LogP) is 3.15. The van der Waals surface area contributed by atoms with Gasteiger partial charge in [-0.25, -0.2) is 4.79 Å². The molecule has 114 valence electrons. The van der Waals surface area contributed by atoms with Crippen LogP contribution in [0.5, 0.6) is 0 Å². The lowest BCUT2D eigenvalue weighted by Crippen LogP contribution is -2.54. The van der Waals surface area contributed by atoms with Crippen molar-refractivity contribution >= 4 is 14.4 Å². The summed E-state index contributed by atoms with van der Waals surface area (Å²) in [5.41, 5.74) is 1.04. The summed E-state index contributed by atoms with van der Waals surface area (Å²) in [5, 5.41) is 21.1. The molecule has 6 heteroatoms. The van der Waals surface area contributed by atoms with E-state index in [1.165, 1.54) is 0 Å². The Bertz CT molecular complexity index is 273. The standard InChI is InChI=1S/C13H29NO4Si/c1-8(2)19(9(3)4,10(5)6)18-12(15)11(7)14-13(16)17/h8-12,14-15H,1-7H3,(H,16,17)/t11-,12+/m1/s1. The van der Waals surface area contributed by atoms with Crippen molar-refractivity contribution < 1.29 is 19.4 Å². The first-order chi connectivity index (χ1) is 8.55.